The first-order valence-electron chi connectivity index (χ1n) is 10.9. The molecule has 3 aromatic rings. The standard InChI is InChI=1S/C25H27BrClFN2O5/c1-13(19-18(9-8-17(28)20(19)27)33-23(32)35-25(5,6)7)16-12-30(22(31)34-24(2,3)4)21-15(16)10-14(26)11-29-21/h8-13H,1-7H3/t13-/m0/s1. The van der Waals surface area contributed by atoms with Crippen molar-refractivity contribution in [3.63, 3.8) is 0 Å². The fourth-order valence-electron chi connectivity index (χ4n) is 3.46. The highest BCUT2D eigenvalue weighted by Gasteiger charge is 2.29. The van der Waals surface area contributed by atoms with Crippen LogP contribution in [-0.2, 0) is 9.47 Å². The van der Waals surface area contributed by atoms with E-state index in [0.717, 1.165) is 6.07 Å². The molecule has 0 bridgehead atoms. The van der Waals surface area contributed by atoms with Crippen molar-refractivity contribution < 1.29 is 28.2 Å². The Morgan fingerprint density at radius 1 is 1.11 bits per heavy atom. The molecule has 2 aromatic heterocycles. The second-order valence-electron chi connectivity index (χ2n) is 10.0. The molecule has 7 nitrogen and oxygen atoms in total. The zero-order valence-corrected chi connectivity index (χ0v) is 22.9. The molecule has 0 aliphatic heterocycles. The van der Waals surface area contributed by atoms with Crippen LogP contribution in [0, 0.1) is 5.82 Å². The van der Waals surface area contributed by atoms with Crippen molar-refractivity contribution in [2.75, 3.05) is 0 Å². The van der Waals surface area contributed by atoms with Crippen molar-refractivity contribution in [1.82, 2.24) is 9.55 Å². The molecule has 1 atom stereocenters. The molecule has 0 spiro atoms. The van der Waals surface area contributed by atoms with Crippen LogP contribution in [0.15, 0.2) is 35.1 Å². The molecule has 0 unspecified atom stereocenters. The number of pyridine rings is 1. The van der Waals surface area contributed by atoms with Crippen LogP contribution in [0.5, 0.6) is 5.75 Å². The maximum absolute atomic E-state index is 14.5. The van der Waals surface area contributed by atoms with Gasteiger partial charge in [-0.1, -0.05) is 18.5 Å². The summed E-state index contributed by atoms with van der Waals surface area (Å²) in [5, 5.41) is 0.404. The molecule has 10 heteroatoms. The van der Waals surface area contributed by atoms with Crippen molar-refractivity contribution in [1.29, 1.82) is 0 Å². The molecule has 2 heterocycles. The topological polar surface area (TPSA) is 79.7 Å². The molecule has 0 N–H and O–H groups in total. The van der Waals surface area contributed by atoms with E-state index in [1.807, 2.05) is 0 Å². The number of carbonyl (C=O) groups is 2. The fraction of sp³-hybridized carbons (Fsp3) is 0.400. The second kappa shape index (κ2) is 9.78. The lowest BCUT2D eigenvalue weighted by atomic mass is 9.92. The van der Waals surface area contributed by atoms with E-state index in [1.165, 1.54) is 10.6 Å². The van der Waals surface area contributed by atoms with Gasteiger partial charge in [-0.25, -0.2) is 23.5 Å². The number of carbonyl (C=O) groups excluding carboxylic acids is 2. The number of benzene rings is 1. The Bertz CT molecular complexity index is 1290. The van der Waals surface area contributed by atoms with Gasteiger partial charge in [0.25, 0.3) is 0 Å². The van der Waals surface area contributed by atoms with Gasteiger partial charge in [0.2, 0.25) is 0 Å². The quantitative estimate of drug-likeness (QED) is 0.236. The number of fused-ring (bicyclic) bond motifs is 1. The molecule has 35 heavy (non-hydrogen) atoms. The van der Waals surface area contributed by atoms with Crippen LogP contribution in [0.4, 0.5) is 14.0 Å². The summed E-state index contributed by atoms with van der Waals surface area (Å²) in [6.45, 7) is 12.1. The predicted octanol–water partition coefficient (Wildman–Crippen LogP) is 7.84. The summed E-state index contributed by atoms with van der Waals surface area (Å²) in [7, 11) is 0. The first kappa shape index (κ1) is 26.9. The Hall–Kier alpha value is -2.65. The minimum Gasteiger partial charge on any atom is -0.443 e. The lowest BCUT2D eigenvalue weighted by Gasteiger charge is -2.21. The summed E-state index contributed by atoms with van der Waals surface area (Å²) in [5.41, 5.74) is -0.339. The van der Waals surface area contributed by atoms with Gasteiger partial charge < -0.3 is 14.2 Å². The van der Waals surface area contributed by atoms with E-state index in [9.17, 15) is 14.0 Å². The minimum atomic E-state index is -0.950. The number of halogens is 3. The van der Waals surface area contributed by atoms with Gasteiger partial charge in [-0.05, 0) is 81.2 Å². The van der Waals surface area contributed by atoms with Gasteiger partial charge in [0.1, 0.15) is 28.4 Å². The number of aromatic nitrogens is 2. The molecular weight excluding hydrogens is 543 g/mol. The molecule has 0 fully saturated rings. The monoisotopic (exact) mass is 568 g/mol. The van der Waals surface area contributed by atoms with Crippen molar-refractivity contribution >= 4 is 50.8 Å². The third kappa shape index (κ3) is 6.32. The molecule has 188 valence electrons. The molecule has 0 saturated carbocycles. The van der Waals surface area contributed by atoms with Crippen LogP contribution < -0.4 is 4.74 Å². The Morgan fingerprint density at radius 3 is 2.34 bits per heavy atom. The van der Waals surface area contributed by atoms with E-state index in [4.69, 9.17) is 25.8 Å². The highest BCUT2D eigenvalue weighted by molar-refractivity contribution is 9.10. The summed E-state index contributed by atoms with van der Waals surface area (Å²) >= 11 is 9.78. The molecule has 0 saturated heterocycles. The molecule has 0 radical (unpaired) electrons. The molecule has 1 aromatic carbocycles. The van der Waals surface area contributed by atoms with Crippen LogP contribution >= 0.6 is 27.5 Å². The minimum absolute atomic E-state index is 0.0410. The van der Waals surface area contributed by atoms with Crippen LogP contribution in [0.3, 0.4) is 0 Å². The average Bonchev–Trinajstić information content (AvgIpc) is 3.06. The summed E-state index contributed by atoms with van der Waals surface area (Å²) in [4.78, 5) is 29.7. The second-order valence-corrected chi connectivity index (χ2v) is 11.3. The van der Waals surface area contributed by atoms with Crippen molar-refractivity contribution in [3.05, 3.63) is 57.0 Å². The summed E-state index contributed by atoms with van der Waals surface area (Å²) < 4.78 is 32.7. The van der Waals surface area contributed by atoms with E-state index in [0.29, 0.717) is 21.1 Å². The summed E-state index contributed by atoms with van der Waals surface area (Å²) in [6, 6.07) is 4.22. The largest absolute Gasteiger partial charge is 0.514 e. The molecule has 0 amide bonds. The van der Waals surface area contributed by atoms with Crippen LogP contribution in [0.1, 0.15) is 65.5 Å². The smallest absolute Gasteiger partial charge is 0.443 e. The van der Waals surface area contributed by atoms with Gasteiger partial charge in [-0.3, -0.25) is 0 Å². The maximum Gasteiger partial charge on any atom is 0.514 e. The van der Waals surface area contributed by atoms with Gasteiger partial charge in [0.05, 0.1) is 5.02 Å². The molecular formula is C25H27BrClFN2O5. The molecule has 0 aliphatic carbocycles. The number of ether oxygens (including phenoxy) is 3. The first-order chi connectivity index (χ1) is 16.1. The van der Waals surface area contributed by atoms with Gasteiger partial charge in [0.15, 0.2) is 0 Å². The van der Waals surface area contributed by atoms with E-state index in [1.54, 1.807) is 66.9 Å². The van der Waals surface area contributed by atoms with Gasteiger partial charge in [-0.15, -0.1) is 0 Å². The average molecular weight is 570 g/mol. The van der Waals surface area contributed by atoms with Gasteiger partial charge >= 0.3 is 12.2 Å². The van der Waals surface area contributed by atoms with Crippen molar-refractivity contribution in [2.24, 2.45) is 0 Å². The van der Waals surface area contributed by atoms with E-state index in [-0.39, 0.29) is 16.3 Å². The maximum atomic E-state index is 14.5. The number of hydrogen-bond acceptors (Lipinski definition) is 6. The van der Waals surface area contributed by atoms with Crippen LogP contribution in [0.25, 0.3) is 11.0 Å². The first-order valence-corrected chi connectivity index (χ1v) is 12.0. The normalized spacial score (nSPS) is 13.0. The SMILES string of the molecule is C[C@H](c1c(OC(=O)OC(C)(C)C)ccc(F)c1Cl)c1cn(C(=O)OC(C)(C)C)c2ncc(Br)cc12. The van der Waals surface area contributed by atoms with Crippen LogP contribution in [-0.4, -0.2) is 33.0 Å². The van der Waals surface area contributed by atoms with Gasteiger partial charge in [0, 0.05) is 33.7 Å². The fourth-order valence-corrected chi connectivity index (χ4v) is 4.11. The zero-order valence-electron chi connectivity index (χ0n) is 20.5. The Kier molecular flexibility index (Phi) is 7.53. The zero-order chi connectivity index (χ0) is 26.3. The van der Waals surface area contributed by atoms with E-state index in [2.05, 4.69) is 20.9 Å². The Morgan fingerprint density at radius 2 is 1.74 bits per heavy atom. The summed E-state index contributed by atoms with van der Waals surface area (Å²) in [5.74, 6) is -1.25. The third-order valence-electron chi connectivity index (χ3n) is 4.81. The lowest BCUT2D eigenvalue weighted by molar-refractivity contribution is 0.0203. The number of nitrogens with zero attached hydrogens (tertiary/aromatic N) is 2. The summed E-state index contributed by atoms with van der Waals surface area (Å²) in [6.07, 6.45) is 1.56. The van der Waals surface area contributed by atoms with E-state index >= 15 is 0 Å². The predicted molar refractivity (Wildman–Crippen MR) is 135 cm³/mol. The highest BCUT2D eigenvalue weighted by Crippen LogP contribution is 2.41. The number of hydrogen-bond donors (Lipinski definition) is 0. The number of rotatable bonds is 3. The molecule has 3 rings (SSSR count). The van der Waals surface area contributed by atoms with Crippen molar-refractivity contribution in [3.8, 4) is 5.75 Å². The van der Waals surface area contributed by atoms with E-state index < -0.39 is 35.2 Å². The van der Waals surface area contributed by atoms with Crippen molar-refractivity contribution in [2.45, 2.75) is 65.6 Å². The highest BCUT2D eigenvalue weighted by atomic mass is 79.9. The Balaban J connectivity index is 2.15. The molecule has 0 aliphatic rings. The Labute approximate surface area is 216 Å². The van der Waals surface area contributed by atoms with Crippen LogP contribution in [0.2, 0.25) is 5.02 Å². The van der Waals surface area contributed by atoms with Gasteiger partial charge in [-0.2, -0.15) is 0 Å². The lowest BCUT2D eigenvalue weighted by Crippen LogP contribution is -2.27. The third-order valence-corrected chi connectivity index (χ3v) is 5.62.